The number of hydrogen-bond acceptors (Lipinski definition) is 6. The van der Waals surface area contributed by atoms with Crippen LogP contribution in [0.2, 0.25) is 0 Å². The van der Waals surface area contributed by atoms with E-state index in [-0.39, 0.29) is 12.5 Å². The lowest BCUT2D eigenvalue weighted by Crippen LogP contribution is -2.50. The van der Waals surface area contributed by atoms with Crippen LogP contribution in [0.25, 0.3) is 0 Å². The first kappa shape index (κ1) is 19.4. The van der Waals surface area contributed by atoms with Crippen LogP contribution in [0, 0.1) is 0 Å². The number of aliphatic hydroxyl groups is 1. The summed E-state index contributed by atoms with van der Waals surface area (Å²) >= 11 is 0. The van der Waals surface area contributed by atoms with E-state index in [0.717, 1.165) is 42.5 Å². The number of rotatable bonds is 6. The third-order valence-corrected chi connectivity index (χ3v) is 5.10. The summed E-state index contributed by atoms with van der Waals surface area (Å²) in [5.41, 5.74) is 0.165. The number of nitrogens with zero attached hydrogens (tertiary/aromatic N) is 3. The molecule has 1 aromatic carbocycles. The molecule has 2 aliphatic rings. The molecular formula is C19H28N4O4. The number of para-hydroxylation sites is 2. The average molecular weight is 376 g/mol. The zero-order valence-electron chi connectivity index (χ0n) is 16.1. The van der Waals surface area contributed by atoms with E-state index >= 15 is 0 Å². The first-order chi connectivity index (χ1) is 12.8. The van der Waals surface area contributed by atoms with Gasteiger partial charge in [0.05, 0.1) is 25.4 Å². The van der Waals surface area contributed by atoms with Gasteiger partial charge in [-0.3, -0.25) is 14.6 Å². The Balaban J connectivity index is 1.51. The summed E-state index contributed by atoms with van der Waals surface area (Å²) in [4.78, 5) is 29.7. The van der Waals surface area contributed by atoms with Crippen molar-refractivity contribution in [3.05, 3.63) is 24.3 Å². The summed E-state index contributed by atoms with van der Waals surface area (Å²) < 4.78 is 5.43. The molecule has 1 aromatic rings. The number of carbonyl (C=O) groups is 2. The van der Waals surface area contributed by atoms with E-state index in [1.54, 1.807) is 21.0 Å². The standard InChI is InChI=1S/C19H28N4O4/c1-19(2)17(25)23(18(26)20-19)13-14(24)12-21-8-10-22(11-9-21)15-6-4-5-7-16(15)27-3/h4-7,14,24H,8-13H2,1-3H3,(H,20,26)/t14-/m0/s1. The predicted molar refractivity (Wildman–Crippen MR) is 102 cm³/mol. The molecule has 0 spiro atoms. The number of anilines is 1. The van der Waals surface area contributed by atoms with Gasteiger partial charge in [0.15, 0.2) is 0 Å². The van der Waals surface area contributed by atoms with Crippen molar-refractivity contribution in [1.29, 1.82) is 0 Å². The molecule has 148 valence electrons. The summed E-state index contributed by atoms with van der Waals surface area (Å²) in [6.45, 7) is 7.00. The molecule has 0 saturated carbocycles. The Kier molecular flexibility index (Phi) is 5.57. The van der Waals surface area contributed by atoms with Gasteiger partial charge in [-0.2, -0.15) is 0 Å². The zero-order chi connectivity index (χ0) is 19.6. The van der Waals surface area contributed by atoms with Crippen molar-refractivity contribution in [1.82, 2.24) is 15.1 Å². The van der Waals surface area contributed by atoms with Gasteiger partial charge in [0.1, 0.15) is 11.3 Å². The molecule has 2 aliphatic heterocycles. The quantitative estimate of drug-likeness (QED) is 0.704. The van der Waals surface area contributed by atoms with E-state index in [1.807, 2.05) is 24.3 Å². The second-order valence-electron chi connectivity index (χ2n) is 7.58. The highest BCUT2D eigenvalue weighted by Crippen LogP contribution is 2.28. The number of methoxy groups -OCH3 is 1. The van der Waals surface area contributed by atoms with Crippen molar-refractivity contribution < 1.29 is 19.4 Å². The lowest BCUT2D eigenvalue weighted by atomic mass is 10.1. The number of β-amino-alcohol motifs (C(OH)–C–C–N with tert-alkyl or cyclic N) is 1. The minimum Gasteiger partial charge on any atom is -0.495 e. The fraction of sp³-hybridized carbons (Fsp3) is 0.579. The fourth-order valence-corrected chi connectivity index (χ4v) is 3.61. The van der Waals surface area contributed by atoms with Crippen LogP contribution in [0.15, 0.2) is 24.3 Å². The SMILES string of the molecule is COc1ccccc1N1CCN(C[C@H](O)CN2C(=O)NC(C)(C)C2=O)CC1. The maximum atomic E-state index is 12.2. The van der Waals surface area contributed by atoms with Gasteiger partial charge in [0.25, 0.3) is 5.91 Å². The molecule has 2 saturated heterocycles. The molecule has 2 N–H and O–H groups in total. The average Bonchev–Trinajstić information content (AvgIpc) is 2.84. The van der Waals surface area contributed by atoms with E-state index in [1.165, 1.54) is 0 Å². The number of piperazine rings is 1. The maximum absolute atomic E-state index is 12.2. The molecule has 0 radical (unpaired) electrons. The number of imide groups is 1. The number of ether oxygens (including phenoxy) is 1. The second-order valence-corrected chi connectivity index (χ2v) is 7.58. The normalized spacial score (nSPS) is 21.3. The van der Waals surface area contributed by atoms with E-state index in [2.05, 4.69) is 15.1 Å². The van der Waals surface area contributed by atoms with Crippen molar-refractivity contribution in [3.63, 3.8) is 0 Å². The smallest absolute Gasteiger partial charge is 0.325 e. The Morgan fingerprint density at radius 3 is 2.41 bits per heavy atom. The number of benzene rings is 1. The van der Waals surface area contributed by atoms with Crippen LogP contribution in [-0.4, -0.2) is 84.9 Å². The minimum atomic E-state index is -0.906. The number of aliphatic hydroxyl groups excluding tert-OH is 1. The molecule has 3 amide bonds. The predicted octanol–water partition coefficient (Wildman–Crippen LogP) is 0.508. The van der Waals surface area contributed by atoms with Gasteiger partial charge in [-0.15, -0.1) is 0 Å². The number of carbonyl (C=O) groups excluding carboxylic acids is 2. The minimum absolute atomic E-state index is 0.0147. The van der Waals surface area contributed by atoms with Gasteiger partial charge < -0.3 is 20.1 Å². The molecule has 2 heterocycles. The number of urea groups is 1. The van der Waals surface area contributed by atoms with E-state index in [9.17, 15) is 14.7 Å². The fourth-order valence-electron chi connectivity index (χ4n) is 3.61. The first-order valence-corrected chi connectivity index (χ1v) is 9.24. The van der Waals surface area contributed by atoms with Crippen molar-refractivity contribution in [3.8, 4) is 5.75 Å². The van der Waals surface area contributed by atoms with Crippen LogP contribution >= 0.6 is 0 Å². The molecule has 0 aliphatic carbocycles. The van der Waals surface area contributed by atoms with E-state index in [0.29, 0.717) is 6.54 Å². The van der Waals surface area contributed by atoms with Crippen LogP contribution in [0.3, 0.4) is 0 Å². The third-order valence-electron chi connectivity index (χ3n) is 5.10. The van der Waals surface area contributed by atoms with Crippen LogP contribution in [0.5, 0.6) is 5.75 Å². The molecule has 0 bridgehead atoms. The molecular weight excluding hydrogens is 348 g/mol. The molecule has 0 aromatic heterocycles. The number of nitrogens with one attached hydrogen (secondary N) is 1. The molecule has 1 atom stereocenters. The van der Waals surface area contributed by atoms with Gasteiger partial charge in [-0.25, -0.2) is 4.79 Å². The largest absolute Gasteiger partial charge is 0.495 e. The summed E-state index contributed by atoms with van der Waals surface area (Å²) in [6.07, 6.45) is -0.772. The highest BCUT2D eigenvalue weighted by molar-refractivity contribution is 6.06. The Labute approximate surface area is 159 Å². The summed E-state index contributed by atoms with van der Waals surface area (Å²) in [5, 5.41) is 13.0. The van der Waals surface area contributed by atoms with Gasteiger partial charge in [-0.1, -0.05) is 12.1 Å². The summed E-state index contributed by atoms with van der Waals surface area (Å²) in [5.74, 6) is 0.555. The lowest BCUT2D eigenvalue weighted by molar-refractivity contribution is -0.131. The Bertz CT molecular complexity index is 701. The van der Waals surface area contributed by atoms with Crippen LogP contribution in [0.1, 0.15) is 13.8 Å². The highest BCUT2D eigenvalue weighted by Gasteiger charge is 2.44. The Hall–Kier alpha value is -2.32. The molecule has 0 unspecified atom stereocenters. The monoisotopic (exact) mass is 376 g/mol. The van der Waals surface area contributed by atoms with Gasteiger partial charge in [-0.05, 0) is 26.0 Å². The van der Waals surface area contributed by atoms with Crippen molar-refractivity contribution >= 4 is 17.6 Å². The van der Waals surface area contributed by atoms with Crippen LogP contribution < -0.4 is 15.0 Å². The van der Waals surface area contributed by atoms with Gasteiger partial charge in [0.2, 0.25) is 0 Å². The summed E-state index contributed by atoms with van der Waals surface area (Å²) in [6, 6.07) is 7.50. The van der Waals surface area contributed by atoms with Crippen molar-refractivity contribution in [2.45, 2.75) is 25.5 Å². The molecule has 3 rings (SSSR count). The van der Waals surface area contributed by atoms with Crippen LogP contribution in [0.4, 0.5) is 10.5 Å². The molecule has 2 fully saturated rings. The van der Waals surface area contributed by atoms with Crippen LogP contribution in [-0.2, 0) is 4.79 Å². The van der Waals surface area contributed by atoms with Gasteiger partial charge >= 0.3 is 6.03 Å². The van der Waals surface area contributed by atoms with Crippen molar-refractivity contribution in [2.75, 3.05) is 51.3 Å². The zero-order valence-corrected chi connectivity index (χ0v) is 16.1. The lowest BCUT2D eigenvalue weighted by Gasteiger charge is -2.37. The third kappa shape index (κ3) is 4.17. The number of hydrogen-bond donors (Lipinski definition) is 2. The molecule has 27 heavy (non-hydrogen) atoms. The van der Waals surface area contributed by atoms with E-state index in [4.69, 9.17) is 4.74 Å². The molecule has 8 heteroatoms. The number of amides is 3. The first-order valence-electron chi connectivity index (χ1n) is 9.24. The van der Waals surface area contributed by atoms with Gasteiger partial charge in [0, 0.05) is 32.7 Å². The highest BCUT2D eigenvalue weighted by atomic mass is 16.5. The molecule has 8 nitrogen and oxygen atoms in total. The summed E-state index contributed by atoms with van der Waals surface area (Å²) in [7, 11) is 1.67. The second kappa shape index (κ2) is 7.74. The topological polar surface area (TPSA) is 85.3 Å². The van der Waals surface area contributed by atoms with E-state index < -0.39 is 17.7 Å². The Morgan fingerprint density at radius 1 is 1.15 bits per heavy atom. The Morgan fingerprint density at radius 2 is 1.81 bits per heavy atom. The van der Waals surface area contributed by atoms with Crippen molar-refractivity contribution in [2.24, 2.45) is 0 Å². The maximum Gasteiger partial charge on any atom is 0.325 e.